The van der Waals surface area contributed by atoms with Gasteiger partial charge in [0, 0.05) is 16.2 Å². The molecule has 1 aromatic heterocycles. The van der Waals surface area contributed by atoms with Gasteiger partial charge in [-0.05, 0) is 53.3 Å². The van der Waals surface area contributed by atoms with E-state index in [-0.39, 0.29) is 11.6 Å². The average molecular weight is 383 g/mol. The van der Waals surface area contributed by atoms with Crippen molar-refractivity contribution in [3.63, 3.8) is 0 Å². The van der Waals surface area contributed by atoms with Crippen molar-refractivity contribution in [3.8, 4) is 5.88 Å². The molecule has 0 aliphatic carbocycles. The molecule has 0 bridgehead atoms. The van der Waals surface area contributed by atoms with Crippen molar-refractivity contribution in [2.24, 2.45) is 0 Å². The van der Waals surface area contributed by atoms with Crippen LogP contribution in [0.4, 0.5) is 0 Å². The number of ether oxygens (including phenoxy) is 1. The molecule has 0 aliphatic rings. The summed E-state index contributed by atoms with van der Waals surface area (Å²) in [4.78, 5) is 11.9. The van der Waals surface area contributed by atoms with Crippen LogP contribution in [0.25, 0.3) is 0 Å². The third-order valence-corrected chi connectivity index (χ3v) is 3.25. The number of carbonyl (C=O) groups is 1. The number of amides is 1. The summed E-state index contributed by atoms with van der Waals surface area (Å²) in [5.41, 5.74) is 1.32. The SMILES string of the molecule is CCOc1ccc(C(=O)NCc2ccc(I)cc2)nn1. The summed E-state index contributed by atoms with van der Waals surface area (Å²) in [6.07, 6.45) is 0. The average Bonchev–Trinajstić information content (AvgIpc) is 2.47. The van der Waals surface area contributed by atoms with Gasteiger partial charge in [-0.3, -0.25) is 4.79 Å². The molecule has 0 saturated heterocycles. The first-order valence-electron chi connectivity index (χ1n) is 6.18. The largest absolute Gasteiger partial charge is 0.477 e. The first-order valence-corrected chi connectivity index (χ1v) is 7.26. The zero-order valence-corrected chi connectivity index (χ0v) is 13.1. The van der Waals surface area contributed by atoms with E-state index in [1.165, 1.54) is 0 Å². The summed E-state index contributed by atoms with van der Waals surface area (Å²) in [7, 11) is 0. The second-order valence-corrected chi connectivity index (χ2v) is 5.24. The van der Waals surface area contributed by atoms with Crippen molar-refractivity contribution in [1.82, 2.24) is 15.5 Å². The Morgan fingerprint density at radius 2 is 1.95 bits per heavy atom. The lowest BCUT2D eigenvalue weighted by Gasteiger charge is -2.05. The highest BCUT2D eigenvalue weighted by atomic mass is 127. The van der Waals surface area contributed by atoms with Gasteiger partial charge in [0.1, 0.15) is 0 Å². The molecule has 0 fully saturated rings. The Labute approximate surface area is 130 Å². The fourth-order valence-electron chi connectivity index (χ4n) is 1.54. The number of nitrogens with zero attached hydrogens (tertiary/aromatic N) is 2. The van der Waals surface area contributed by atoms with Crippen LogP contribution in [0, 0.1) is 3.57 Å². The van der Waals surface area contributed by atoms with Crippen LogP contribution >= 0.6 is 22.6 Å². The van der Waals surface area contributed by atoms with E-state index in [1.54, 1.807) is 12.1 Å². The Morgan fingerprint density at radius 3 is 2.55 bits per heavy atom. The number of halogens is 1. The monoisotopic (exact) mass is 383 g/mol. The molecule has 0 spiro atoms. The Bertz CT molecular complexity index is 570. The summed E-state index contributed by atoms with van der Waals surface area (Å²) in [6.45, 7) is 2.85. The van der Waals surface area contributed by atoms with E-state index in [2.05, 4.69) is 38.1 Å². The fourth-order valence-corrected chi connectivity index (χ4v) is 1.90. The number of hydrogen-bond acceptors (Lipinski definition) is 4. The maximum absolute atomic E-state index is 11.9. The summed E-state index contributed by atoms with van der Waals surface area (Å²) < 4.78 is 6.34. The zero-order valence-electron chi connectivity index (χ0n) is 11.0. The number of carbonyl (C=O) groups excluding carboxylic acids is 1. The molecular formula is C14H14IN3O2. The first-order chi connectivity index (χ1) is 9.69. The summed E-state index contributed by atoms with van der Waals surface area (Å²) in [6, 6.07) is 11.2. The summed E-state index contributed by atoms with van der Waals surface area (Å²) in [5.74, 6) is 0.167. The lowest BCUT2D eigenvalue weighted by atomic mass is 10.2. The molecule has 0 atom stereocenters. The molecule has 1 aromatic carbocycles. The molecular weight excluding hydrogens is 369 g/mol. The van der Waals surface area contributed by atoms with Crippen molar-refractivity contribution < 1.29 is 9.53 Å². The van der Waals surface area contributed by atoms with E-state index >= 15 is 0 Å². The lowest BCUT2D eigenvalue weighted by molar-refractivity contribution is 0.0944. The predicted molar refractivity (Wildman–Crippen MR) is 83.5 cm³/mol. The van der Waals surface area contributed by atoms with Crippen LogP contribution < -0.4 is 10.1 Å². The van der Waals surface area contributed by atoms with Crippen LogP contribution in [0.5, 0.6) is 5.88 Å². The Morgan fingerprint density at radius 1 is 1.20 bits per heavy atom. The lowest BCUT2D eigenvalue weighted by Crippen LogP contribution is -2.24. The molecule has 1 heterocycles. The van der Waals surface area contributed by atoms with Crippen molar-refractivity contribution in [2.75, 3.05) is 6.61 Å². The van der Waals surface area contributed by atoms with Crippen molar-refractivity contribution in [3.05, 3.63) is 51.2 Å². The van der Waals surface area contributed by atoms with Gasteiger partial charge in [0.2, 0.25) is 5.88 Å². The second kappa shape index (κ2) is 7.18. The first kappa shape index (κ1) is 14.7. The van der Waals surface area contributed by atoms with Gasteiger partial charge in [0.15, 0.2) is 5.69 Å². The number of benzene rings is 1. The van der Waals surface area contributed by atoms with Crippen LogP contribution in [0.2, 0.25) is 0 Å². The van der Waals surface area contributed by atoms with E-state index in [4.69, 9.17) is 4.74 Å². The van der Waals surface area contributed by atoms with E-state index in [9.17, 15) is 4.79 Å². The molecule has 0 saturated carbocycles. The number of aromatic nitrogens is 2. The molecule has 0 radical (unpaired) electrons. The van der Waals surface area contributed by atoms with Gasteiger partial charge in [-0.1, -0.05) is 12.1 Å². The molecule has 0 unspecified atom stereocenters. The van der Waals surface area contributed by atoms with Gasteiger partial charge in [0.05, 0.1) is 6.61 Å². The topological polar surface area (TPSA) is 64.1 Å². The molecule has 1 N–H and O–H groups in total. The molecule has 104 valence electrons. The standard InChI is InChI=1S/C14H14IN3O2/c1-2-20-13-8-7-12(17-18-13)14(19)16-9-10-3-5-11(15)6-4-10/h3-8H,2,9H2,1H3,(H,16,19). The fraction of sp³-hybridized carbons (Fsp3) is 0.214. The Hall–Kier alpha value is -1.70. The van der Waals surface area contributed by atoms with Gasteiger partial charge < -0.3 is 10.1 Å². The van der Waals surface area contributed by atoms with Crippen molar-refractivity contribution in [1.29, 1.82) is 0 Å². The quantitative estimate of drug-likeness (QED) is 0.806. The second-order valence-electron chi connectivity index (χ2n) is 4.00. The van der Waals surface area contributed by atoms with Gasteiger partial charge in [0.25, 0.3) is 5.91 Å². The van der Waals surface area contributed by atoms with Crippen LogP contribution in [0.1, 0.15) is 23.0 Å². The van der Waals surface area contributed by atoms with Crippen LogP contribution in [0.15, 0.2) is 36.4 Å². The van der Waals surface area contributed by atoms with Crippen molar-refractivity contribution in [2.45, 2.75) is 13.5 Å². The highest BCUT2D eigenvalue weighted by Gasteiger charge is 2.08. The molecule has 5 nitrogen and oxygen atoms in total. The maximum atomic E-state index is 11.9. The zero-order chi connectivity index (χ0) is 14.4. The number of nitrogens with one attached hydrogen (secondary N) is 1. The molecule has 0 aliphatic heterocycles. The minimum atomic E-state index is -0.251. The van der Waals surface area contributed by atoms with E-state index in [1.807, 2.05) is 31.2 Å². The highest BCUT2D eigenvalue weighted by molar-refractivity contribution is 14.1. The summed E-state index contributed by atoms with van der Waals surface area (Å²) in [5, 5.41) is 10.5. The molecule has 1 amide bonds. The Kier molecular flexibility index (Phi) is 5.28. The number of hydrogen-bond donors (Lipinski definition) is 1. The minimum Gasteiger partial charge on any atom is -0.477 e. The minimum absolute atomic E-state index is 0.251. The molecule has 2 rings (SSSR count). The smallest absolute Gasteiger partial charge is 0.272 e. The Balaban J connectivity index is 1.92. The predicted octanol–water partition coefficient (Wildman–Crippen LogP) is 2.41. The van der Waals surface area contributed by atoms with Crippen LogP contribution in [-0.4, -0.2) is 22.7 Å². The van der Waals surface area contributed by atoms with E-state index in [0.717, 1.165) is 9.13 Å². The van der Waals surface area contributed by atoms with Gasteiger partial charge in [-0.15, -0.1) is 10.2 Å². The van der Waals surface area contributed by atoms with Gasteiger partial charge in [-0.25, -0.2) is 0 Å². The third kappa shape index (κ3) is 4.16. The van der Waals surface area contributed by atoms with Crippen LogP contribution in [-0.2, 0) is 6.54 Å². The highest BCUT2D eigenvalue weighted by Crippen LogP contribution is 2.07. The summed E-state index contributed by atoms with van der Waals surface area (Å²) >= 11 is 2.24. The molecule has 20 heavy (non-hydrogen) atoms. The maximum Gasteiger partial charge on any atom is 0.272 e. The number of rotatable bonds is 5. The van der Waals surface area contributed by atoms with E-state index < -0.39 is 0 Å². The van der Waals surface area contributed by atoms with Crippen LogP contribution in [0.3, 0.4) is 0 Å². The van der Waals surface area contributed by atoms with E-state index in [0.29, 0.717) is 19.0 Å². The normalized spacial score (nSPS) is 10.1. The third-order valence-electron chi connectivity index (χ3n) is 2.53. The van der Waals surface area contributed by atoms with Gasteiger partial charge in [-0.2, -0.15) is 0 Å². The molecule has 6 heteroatoms. The molecule has 2 aromatic rings. The van der Waals surface area contributed by atoms with Crippen molar-refractivity contribution >= 4 is 28.5 Å². The van der Waals surface area contributed by atoms with Gasteiger partial charge >= 0.3 is 0 Å².